The summed E-state index contributed by atoms with van der Waals surface area (Å²) in [6, 6.07) is 4.86. The number of halogens is 1. The molecule has 1 aromatic rings. The second kappa shape index (κ2) is 7.88. The Kier molecular flexibility index (Phi) is 6.13. The standard InChI is InChI=1S/C18H27FN2O2/c1-13(2)18(22)15(12-21-9-7-20(3)8-10-21)14-5-6-17(23-4)16(19)11-14/h5-6,11,13,15H,7-10,12H2,1-4H3/t15-/m1/s1. The minimum absolute atomic E-state index is 0.0716. The topological polar surface area (TPSA) is 32.8 Å². The number of hydrogen-bond acceptors (Lipinski definition) is 4. The fourth-order valence-corrected chi connectivity index (χ4v) is 2.95. The highest BCUT2D eigenvalue weighted by atomic mass is 19.1. The van der Waals surface area contributed by atoms with Crippen LogP contribution in [-0.4, -0.2) is 62.5 Å². The molecule has 0 radical (unpaired) electrons. The molecule has 0 N–H and O–H groups in total. The van der Waals surface area contributed by atoms with E-state index in [1.54, 1.807) is 6.07 Å². The Hall–Kier alpha value is -1.46. The Morgan fingerprint density at radius 2 is 1.91 bits per heavy atom. The van der Waals surface area contributed by atoms with Gasteiger partial charge in [0.25, 0.3) is 0 Å². The monoisotopic (exact) mass is 322 g/mol. The molecule has 0 aromatic heterocycles. The van der Waals surface area contributed by atoms with Gasteiger partial charge in [0.1, 0.15) is 5.78 Å². The lowest BCUT2D eigenvalue weighted by Gasteiger charge is -2.34. The molecule has 128 valence electrons. The number of Topliss-reactive ketones (excluding diaryl/α,β-unsaturated/α-hetero) is 1. The molecule has 0 unspecified atom stereocenters. The molecular weight excluding hydrogens is 295 g/mol. The third kappa shape index (κ3) is 4.52. The van der Waals surface area contributed by atoms with Crippen molar-refractivity contribution in [2.45, 2.75) is 19.8 Å². The predicted octanol–water partition coefficient (Wildman–Crippen LogP) is 2.39. The van der Waals surface area contributed by atoms with Crippen LogP contribution in [0.1, 0.15) is 25.3 Å². The highest BCUT2D eigenvalue weighted by Crippen LogP contribution is 2.27. The lowest BCUT2D eigenvalue weighted by molar-refractivity contribution is -0.124. The number of methoxy groups -OCH3 is 1. The molecule has 23 heavy (non-hydrogen) atoms. The molecule has 1 aliphatic heterocycles. The van der Waals surface area contributed by atoms with Crippen molar-refractivity contribution in [1.29, 1.82) is 0 Å². The summed E-state index contributed by atoms with van der Waals surface area (Å²) < 4.78 is 19.0. The van der Waals surface area contributed by atoms with Crippen molar-refractivity contribution in [2.75, 3.05) is 46.9 Å². The lowest BCUT2D eigenvalue weighted by Crippen LogP contribution is -2.46. The number of carbonyl (C=O) groups is 1. The van der Waals surface area contributed by atoms with Gasteiger partial charge in [-0.3, -0.25) is 9.69 Å². The summed E-state index contributed by atoms with van der Waals surface area (Å²) in [7, 11) is 3.55. The quantitative estimate of drug-likeness (QED) is 0.805. The van der Waals surface area contributed by atoms with Crippen molar-refractivity contribution >= 4 is 5.78 Å². The maximum Gasteiger partial charge on any atom is 0.165 e. The van der Waals surface area contributed by atoms with Crippen molar-refractivity contribution in [3.63, 3.8) is 0 Å². The van der Waals surface area contributed by atoms with Crippen molar-refractivity contribution in [1.82, 2.24) is 9.80 Å². The van der Waals surface area contributed by atoms with Gasteiger partial charge in [0.2, 0.25) is 0 Å². The van der Waals surface area contributed by atoms with Crippen LogP contribution in [0.15, 0.2) is 18.2 Å². The van der Waals surface area contributed by atoms with E-state index < -0.39 is 5.82 Å². The molecule has 0 spiro atoms. The Bertz CT molecular complexity index is 540. The molecule has 0 aliphatic carbocycles. The fourth-order valence-electron chi connectivity index (χ4n) is 2.95. The molecule has 1 fully saturated rings. The van der Waals surface area contributed by atoms with Crippen molar-refractivity contribution in [3.8, 4) is 5.75 Å². The minimum Gasteiger partial charge on any atom is -0.494 e. The van der Waals surface area contributed by atoms with Gasteiger partial charge in [-0.25, -0.2) is 4.39 Å². The number of hydrogen-bond donors (Lipinski definition) is 0. The summed E-state index contributed by atoms with van der Waals surface area (Å²) in [4.78, 5) is 17.2. The van der Waals surface area contributed by atoms with Crippen LogP contribution in [0, 0.1) is 11.7 Å². The maximum atomic E-state index is 14.0. The van der Waals surface area contributed by atoms with Gasteiger partial charge < -0.3 is 9.64 Å². The summed E-state index contributed by atoms with van der Waals surface area (Å²) in [5.74, 6) is -0.404. The van der Waals surface area contributed by atoms with Crippen LogP contribution in [0.3, 0.4) is 0 Å². The number of piperazine rings is 1. The molecule has 2 rings (SSSR count). The molecule has 1 aliphatic rings. The smallest absolute Gasteiger partial charge is 0.165 e. The molecule has 4 nitrogen and oxygen atoms in total. The lowest BCUT2D eigenvalue weighted by atomic mass is 9.88. The number of benzene rings is 1. The zero-order valence-electron chi connectivity index (χ0n) is 14.5. The van der Waals surface area contributed by atoms with Crippen molar-refractivity contribution in [3.05, 3.63) is 29.6 Å². The molecule has 1 atom stereocenters. The van der Waals surface area contributed by atoms with Gasteiger partial charge in [-0.1, -0.05) is 19.9 Å². The van der Waals surface area contributed by atoms with Gasteiger partial charge in [-0.15, -0.1) is 0 Å². The molecular formula is C18H27FN2O2. The van der Waals surface area contributed by atoms with Crippen LogP contribution in [0.5, 0.6) is 5.75 Å². The van der Waals surface area contributed by atoms with E-state index in [0.29, 0.717) is 6.54 Å². The average molecular weight is 322 g/mol. The largest absolute Gasteiger partial charge is 0.494 e. The first-order valence-corrected chi connectivity index (χ1v) is 8.20. The Morgan fingerprint density at radius 1 is 1.26 bits per heavy atom. The van der Waals surface area contributed by atoms with Gasteiger partial charge in [-0.05, 0) is 24.7 Å². The summed E-state index contributed by atoms with van der Waals surface area (Å²) in [5.41, 5.74) is 0.737. The van der Waals surface area contributed by atoms with Crippen molar-refractivity contribution < 1.29 is 13.9 Å². The highest BCUT2D eigenvalue weighted by molar-refractivity contribution is 5.87. The Labute approximate surface area is 138 Å². The van der Waals surface area contributed by atoms with Crippen LogP contribution < -0.4 is 4.74 Å². The van der Waals surface area contributed by atoms with Crippen LogP contribution in [0.4, 0.5) is 4.39 Å². The third-order valence-corrected chi connectivity index (χ3v) is 4.53. The molecule has 1 saturated heterocycles. The van der Waals surface area contributed by atoms with Crippen LogP contribution in [0.25, 0.3) is 0 Å². The number of ether oxygens (including phenoxy) is 1. The maximum absolute atomic E-state index is 14.0. The van der Waals surface area contributed by atoms with E-state index in [1.165, 1.54) is 13.2 Å². The van der Waals surface area contributed by atoms with Gasteiger partial charge in [0, 0.05) is 38.6 Å². The predicted molar refractivity (Wildman–Crippen MR) is 89.5 cm³/mol. The molecule has 0 amide bonds. The minimum atomic E-state index is -0.412. The summed E-state index contributed by atoms with van der Waals surface area (Å²) in [6.07, 6.45) is 0. The third-order valence-electron chi connectivity index (χ3n) is 4.53. The Balaban J connectivity index is 2.20. The van der Waals surface area contributed by atoms with Crippen molar-refractivity contribution in [2.24, 2.45) is 5.92 Å². The fraction of sp³-hybridized carbons (Fsp3) is 0.611. The first kappa shape index (κ1) is 17.9. The second-order valence-electron chi connectivity index (χ2n) is 6.61. The summed E-state index contributed by atoms with van der Waals surface area (Å²) in [6.45, 7) is 8.34. The second-order valence-corrected chi connectivity index (χ2v) is 6.61. The number of ketones is 1. The van der Waals surface area contributed by atoms with E-state index in [4.69, 9.17) is 4.74 Å². The average Bonchev–Trinajstić information content (AvgIpc) is 2.53. The van der Waals surface area contributed by atoms with Crippen LogP contribution >= 0.6 is 0 Å². The van der Waals surface area contributed by atoms with E-state index in [2.05, 4.69) is 16.8 Å². The number of nitrogens with zero attached hydrogens (tertiary/aromatic N) is 2. The highest BCUT2D eigenvalue weighted by Gasteiger charge is 2.27. The zero-order chi connectivity index (χ0) is 17.0. The number of likely N-dealkylation sites (N-methyl/N-ethyl adjacent to an activating group) is 1. The van der Waals surface area contributed by atoms with Crippen LogP contribution in [0.2, 0.25) is 0 Å². The molecule has 0 saturated carbocycles. The normalized spacial score (nSPS) is 18.2. The molecule has 5 heteroatoms. The number of carbonyl (C=O) groups excluding carboxylic acids is 1. The van der Waals surface area contributed by atoms with E-state index in [9.17, 15) is 9.18 Å². The van der Waals surface area contributed by atoms with Gasteiger partial charge >= 0.3 is 0 Å². The first-order valence-electron chi connectivity index (χ1n) is 8.20. The first-order chi connectivity index (χ1) is 10.9. The molecule has 0 bridgehead atoms. The Morgan fingerprint density at radius 3 is 2.43 bits per heavy atom. The summed E-state index contributed by atoms with van der Waals surface area (Å²) >= 11 is 0. The summed E-state index contributed by atoms with van der Waals surface area (Å²) in [5, 5.41) is 0. The SMILES string of the molecule is COc1ccc([C@@H](CN2CCN(C)CC2)C(=O)C(C)C)cc1F. The van der Waals surface area contributed by atoms with E-state index in [0.717, 1.165) is 31.7 Å². The van der Waals surface area contributed by atoms with Crippen LogP contribution in [-0.2, 0) is 4.79 Å². The van der Waals surface area contributed by atoms with Gasteiger partial charge in [0.15, 0.2) is 11.6 Å². The van der Waals surface area contributed by atoms with E-state index >= 15 is 0 Å². The van der Waals surface area contributed by atoms with E-state index in [-0.39, 0.29) is 23.4 Å². The number of rotatable bonds is 6. The zero-order valence-corrected chi connectivity index (χ0v) is 14.5. The molecule has 1 heterocycles. The van der Waals surface area contributed by atoms with Gasteiger partial charge in [-0.2, -0.15) is 0 Å². The molecule has 1 aromatic carbocycles. The van der Waals surface area contributed by atoms with E-state index in [1.807, 2.05) is 19.9 Å². The van der Waals surface area contributed by atoms with Gasteiger partial charge in [0.05, 0.1) is 13.0 Å².